The Labute approximate surface area is 110 Å². The summed E-state index contributed by atoms with van der Waals surface area (Å²) in [6.45, 7) is 5.07. The molecule has 0 aromatic heterocycles. The maximum Gasteiger partial charge on any atom is 0.0184 e. The SMILES string of the molecule is CCC(C)c1ccc(-c2ccccc2)c(CN)c1. The van der Waals surface area contributed by atoms with Crippen molar-refractivity contribution in [2.24, 2.45) is 5.73 Å². The second-order valence-electron chi connectivity index (χ2n) is 4.80. The lowest BCUT2D eigenvalue weighted by atomic mass is 9.92. The van der Waals surface area contributed by atoms with Crippen LogP contribution in [0, 0.1) is 0 Å². The molecule has 0 aliphatic rings. The predicted octanol–water partition coefficient (Wildman–Crippen LogP) is 4.33. The van der Waals surface area contributed by atoms with Crippen molar-refractivity contribution in [2.75, 3.05) is 0 Å². The van der Waals surface area contributed by atoms with Crippen molar-refractivity contribution < 1.29 is 0 Å². The molecular weight excluding hydrogens is 218 g/mol. The van der Waals surface area contributed by atoms with E-state index in [9.17, 15) is 0 Å². The van der Waals surface area contributed by atoms with Crippen LogP contribution in [0.1, 0.15) is 37.3 Å². The van der Waals surface area contributed by atoms with Crippen LogP contribution >= 0.6 is 0 Å². The maximum absolute atomic E-state index is 5.90. The van der Waals surface area contributed by atoms with Crippen LogP contribution in [-0.4, -0.2) is 0 Å². The van der Waals surface area contributed by atoms with Crippen molar-refractivity contribution in [2.45, 2.75) is 32.7 Å². The summed E-state index contributed by atoms with van der Waals surface area (Å²) < 4.78 is 0. The van der Waals surface area contributed by atoms with Gasteiger partial charge in [-0.1, -0.05) is 62.4 Å². The monoisotopic (exact) mass is 239 g/mol. The molecule has 2 aromatic carbocycles. The standard InChI is InChI=1S/C17H21N/c1-3-13(2)15-9-10-17(16(11-15)12-18)14-7-5-4-6-8-14/h4-11,13H,3,12,18H2,1-2H3. The Kier molecular flexibility index (Phi) is 4.16. The first kappa shape index (κ1) is 12.8. The number of rotatable bonds is 4. The molecule has 94 valence electrons. The summed E-state index contributed by atoms with van der Waals surface area (Å²) in [5.41, 5.74) is 11.0. The first-order valence-electron chi connectivity index (χ1n) is 6.64. The van der Waals surface area contributed by atoms with E-state index in [-0.39, 0.29) is 0 Å². The molecule has 0 radical (unpaired) electrons. The van der Waals surface area contributed by atoms with Crippen molar-refractivity contribution in [1.29, 1.82) is 0 Å². The second kappa shape index (κ2) is 5.83. The first-order valence-corrected chi connectivity index (χ1v) is 6.64. The van der Waals surface area contributed by atoms with Crippen LogP contribution in [-0.2, 0) is 6.54 Å². The summed E-state index contributed by atoms with van der Waals surface area (Å²) in [6, 6.07) is 17.1. The van der Waals surface area contributed by atoms with E-state index in [2.05, 4.69) is 56.3 Å². The largest absolute Gasteiger partial charge is 0.326 e. The highest BCUT2D eigenvalue weighted by Gasteiger charge is 2.08. The molecule has 2 N–H and O–H groups in total. The van der Waals surface area contributed by atoms with E-state index in [0.29, 0.717) is 12.5 Å². The lowest BCUT2D eigenvalue weighted by molar-refractivity contribution is 0.732. The van der Waals surface area contributed by atoms with Crippen LogP contribution in [0.15, 0.2) is 48.5 Å². The number of benzene rings is 2. The Bertz CT molecular complexity index is 502. The zero-order valence-corrected chi connectivity index (χ0v) is 11.2. The minimum atomic E-state index is 0.592. The quantitative estimate of drug-likeness (QED) is 0.844. The van der Waals surface area contributed by atoms with Crippen LogP contribution in [0.4, 0.5) is 0 Å². The Hall–Kier alpha value is -1.60. The molecule has 1 atom stereocenters. The van der Waals surface area contributed by atoms with E-state index in [1.54, 1.807) is 0 Å². The van der Waals surface area contributed by atoms with E-state index < -0.39 is 0 Å². The average molecular weight is 239 g/mol. The van der Waals surface area contributed by atoms with Crippen molar-refractivity contribution in [3.05, 3.63) is 59.7 Å². The maximum atomic E-state index is 5.90. The van der Waals surface area contributed by atoms with Gasteiger partial charge >= 0.3 is 0 Å². The number of hydrogen-bond donors (Lipinski definition) is 1. The van der Waals surface area contributed by atoms with Gasteiger partial charge in [0.05, 0.1) is 0 Å². The molecule has 18 heavy (non-hydrogen) atoms. The molecular formula is C17H21N. The van der Waals surface area contributed by atoms with E-state index in [1.807, 2.05) is 6.07 Å². The van der Waals surface area contributed by atoms with E-state index in [0.717, 1.165) is 6.42 Å². The Morgan fingerprint density at radius 2 is 1.78 bits per heavy atom. The van der Waals surface area contributed by atoms with Crippen molar-refractivity contribution in [3.63, 3.8) is 0 Å². The molecule has 0 saturated heterocycles. The minimum Gasteiger partial charge on any atom is -0.326 e. The summed E-state index contributed by atoms with van der Waals surface area (Å²) in [5.74, 6) is 0.597. The van der Waals surface area contributed by atoms with Gasteiger partial charge in [0.15, 0.2) is 0 Å². The fourth-order valence-electron chi connectivity index (χ4n) is 2.22. The minimum absolute atomic E-state index is 0.592. The zero-order valence-electron chi connectivity index (χ0n) is 11.2. The molecule has 0 bridgehead atoms. The van der Waals surface area contributed by atoms with Gasteiger partial charge < -0.3 is 5.73 Å². The van der Waals surface area contributed by atoms with Crippen LogP contribution in [0.25, 0.3) is 11.1 Å². The molecule has 0 amide bonds. The molecule has 2 aromatic rings. The van der Waals surface area contributed by atoms with Gasteiger partial charge in [-0.3, -0.25) is 0 Å². The summed E-state index contributed by atoms with van der Waals surface area (Å²) in [4.78, 5) is 0. The Morgan fingerprint density at radius 1 is 1.06 bits per heavy atom. The van der Waals surface area contributed by atoms with Gasteiger partial charge in [-0.25, -0.2) is 0 Å². The summed E-state index contributed by atoms with van der Waals surface area (Å²) >= 11 is 0. The third-order valence-electron chi connectivity index (χ3n) is 3.62. The molecule has 0 aliphatic heterocycles. The molecule has 0 spiro atoms. The van der Waals surface area contributed by atoms with Gasteiger partial charge in [0, 0.05) is 6.54 Å². The Balaban J connectivity index is 2.44. The highest BCUT2D eigenvalue weighted by atomic mass is 14.5. The molecule has 0 heterocycles. The average Bonchev–Trinajstić information content (AvgIpc) is 2.46. The highest BCUT2D eigenvalue weighted by molar-refractivity contribution is 5.67. The third kappa shape index (κ3) is 2.62. The van der Waals surface area contributed by atoms with E-state index in [4.69, 9.17) is 5.73 Å². The fraction of sp³-hybridized carbons (Fsp3) is 0.294. The molecule has 1 heteroatoms. The molecule has 0 saturated carbocycles. The molecule has 0 aliphatic carbocycles. The van der Waals surface area contributed by atoms with Crippen LogP contribution in [0.2, 0.25) is 0 Å². The summed E-state index contributed by atoms with van der Waals surface area (Å²) in [7, 11) is 0. The molecule has 1 unspecified atom stereocenters. The van der Waals surface area contributed by atoms with Gasteiger partial charge in [0.1, 0.15) is 0 Å². The number of hydrogen-bond acceptors (Lipinski definition) is 1. The summed E-state index contributed by atoms with van der Waals surface area (Å²) in [5, 5.41) is 0. The van der Waals surface area contributed by atoms with Crippen LogP contribution in [0.3, 0.4) is 0 Å². The van der Waals surface area contributed by atoms with Gasteiger partial charge in [-0.15, -0.1) is 0 Å². The van der Waals surface area contributed by atoms with E-state index in [1.165, 1.54) is 22.3 Å². The smallest absolute Gasteiger partial charge is 0.0184 e. The predicted molar refractivity (Wildman–Crippen MR) is 78.5 cm³/mol. The zero-order chi connectivity index (χ0) is 13.0. The van der Waals surface area contributed by atoms with Crippen molar-refractivity contribution >= 4 is 0 Å². The first-order chi connectivity index (χ1) is 8.76. The topological polar surface area (TPSA) is 26.0 Å². The van der Waals surface area contributed by atoms with E-state index >= 15 is 0 Å². The van der Waals surface area contributed by atoms with Gasteiger partial charge in [0.25, 0.3) is 0 Å². The van der Waals surface area contributed by atoms with Crippen molar-refractivity contribution in [1.82, 2.24) is 0 Å². The summed E-state index contributed by atoms with van der Waals surface area (Å²) in [6.07, 6.45) is 1.16. The van der Waals surface area contributed by atoms with Gasteiger partial charge in [0.2, 0.25) is 0 Å². The van der Waals surface area contributed by atoms with Gasteiger partial charge in [-0.2, -0.15) is 0 Å². The molecule has 0 fully saturated rings. The van der Waals surface area contributed by atoms with Crippen LogP contribution in [0.5, 0.6) is 0 Å². The lowest BCUT2D eigenvalue weighted by Gasteiger charge is -2.14. The molecule has 1 nitrogen and oxygen atoms in total. The lowest BCUT2D eigenvalue weighted by Crippen LogP contribution is -2.01. The second-order valence-corrected chi connectivity index (χ2v) is 4.80. The van der Waals surface area contributed by atoms with Crippen LogP contribution < -0.4 is 5.73 Å². The third-order valence-corrected chi connectivity index (χ3v) is 3.62. The normalized spacial score (nSPS) is 12.4. The number of nitrogens with two attached hydrogens (primary N) is 1. The Morgan fingerprint density at radius 3 is 2.39 bits per heavy atom. The fourth-order valence-corrected chi connectivity index (χ4v) is 2.22. The van der Waals surface area contributed by atoms with Crippen molar-refractivity contribution in [3.8, 4) is 11.1 Å². The van der Waals surface area contributed by atoms with Gasteiger partial charge in [-0.05, 0) is 34.6 Å². The highest BCUT2D eigenvalue weighted by Crippen LogP contribution is 2.28. The molecule has 2 rings (SSSR count).